The molecule has 1 heterocycles. The maximum atomic E-state index is 4.25. The van der Waals surface area contributed by atoms with E-state index in [0.29, 0.717) is 0 Å². The molecule has 0 fully saturated rings. The van der Waals surface area contributed by atoms with E-state index in [-0.39, 0.29) is 0 Å². The quantitative estimate of drug-likeness (QED) is 0.340. The molecular formula is C12H17N3S. The van der Waals surface area contributed by atoms with Crippen molar-refractivity contribution >= 4 is 23.5 Å². The minimum Gasteiger partial charge on any atom is -0.261 e. The second-order valence-electron chi connectivity index (χ2n) is 3.44. The van der Waals surface area contributed by atoms with Crippen molar-refractivity contribution in [2.75, 3.05) is 5.75 Å². The van der Waals surface area contributed by atoms with Crippen molar-refractivity contribution in [3.05, 3.63) is 29.6 Å². The lowest BCUT2D eigenvalue weighted by molar-refractivity contribution is 0.898. The highest BCUT2D eigenvalue weighted by Crippen LogP contribution is 2.15. The topological polar surface area (TPSA) is 37.6 Å². The first-order valence-electron chi connectivity index (χ1n) is 5.37. The number of aryl methyl sites for hydroxylation is 1. The predicted molar refractivity (Wildman–Crippen MR) is 72.4 cm³/mol. The summed E-state index contributed by atoms with van der Waals surface area (Å²) in [6, 6.07) is 4.00. The lowest BCUT2D eigenvalue weighted by Crippen LogP contribution is -1.98. The van der Waals surface area contributed by atoms with Gasteiger partial charge in [-0.2, -0.15) is 5.10 Å². The van der Waals surface area contributed by atoms with Gasteiger partial charge in [-0.3, -0.25) is 4.98 Å². The summed E-state index contributed by atoms with van der Waals surface area (Å²) in [6.07, 6.45) is 4.20. The van der Waals surface area contributed by atoms with E-state index in [1.165, 1.54) is 12.8 Å². The fraction of sp³-hybridized carbons (Fsp3) is 0.417. The third-order valence-electron chi connectivity index (χ3n) is 2.06. The van der Waals surface area contributed by atoms with Crippen LogP contribution in [0.2, 0.25) is 0 Å². The van der Waals surface area contributed by atoms with Gasteiger partial charge in [0.1, 0.15) is 5.04 Å². The SMILES string of the molecule is C=N/N=C(\SCCCC)c1ccc(C)nc1. The molecule has 86 valence electrons. The van der Waals surface area contributed by atoms with Crippen molar-refractivity contribution in [1.29, 1.82) is 0 Å². The molecule has 0 N–H and O–H groups in total. The van der Waals surface area contributed by atoms with Crippen LogP contribution >= 0.6 is 11.8 Å². The maximum Gasteiger partial charge on any atom is 0.127 e. The molecule has 0 bridgehead atoms. The molecule has 1 rings (SSSR count). The molecule has 0 spiro atoms. The number of aromatic nitrogens is 1. The van der Waals surface area contributed by atoms with E-state index in [2.05, 4.69) is 28.8 Å². The highest BCUT2D eigenvalue weighted by atomic mass is 32.2. The summed E-state index contributed by atoms with van der Waals surface area (Å²) >= 11 is 1.71. The van der Waals surface area contributed by atoms with Gasteiger partial charge in [0.15, 0.2) is 0 Å². The Hall–Kier alpha value is -1.16. The molecule has 0 amide bonds. The molecule has 0 aliphatic rings. The van der Waals surface area contributed by atoms with E-state index in [1.807, 2.05) is 25.3 Å². The van der Waals surface area contributed by atoms with Gasteiger partial charge >= 0.3 is 0 Å². The number of rotatable bonds is 5. The van der Waals surface area contributed by atoms with Crippen LogP contribution in [0.3, 0.4) is 0 Å². The van der Waals surface area contributed by atoms with Crippen molar-refractivity contribution in [1.82, 2.24) is 4.98 Å². The summed E-state index contributed by atoms with van der Waals surface area (Å²) in [7, 11) is 0. The summed E-state index contributed by atoms with van der Waals surface area (Å²) in [5.74, 6) is 1.05. The molecule has 1 aromatic heterocycles. The normalized spacial score (nSPS) is 11.5. The zero-order valence-electron chi connectivity index (χ0n) is 9.81. The number of unbranched alkanes of at least 4 members (excludes halogenated alkanes) is 1. The van der Waals surface area contributed by atoms with Gasteiger partial charge in [0.2, 0.25) is 0 Å². The van der Waals surface area contributed by atoms with E-state index in [4.69, 9.17) is 0 Å². The lowest BCUT2D eigenvalue weighted by atomic mass is 10.3. The van der Waals surface area contributed by atoms with Crippen molar-refractivity contribution in [2.45, 2.75) is 26.7 Å². The van der Waals surface area contributed by atoms with Crippen LogP contribution in [0.25, 0.3) is 0 Å². The Labute approximate surface area is 101 Å². The van der Waals surface area contributed by atoms with E-state index in [9.17, 15) is 0 Å². The van der Waals surface area contributed by atoms with Crippen LogP contribution in [0.5, 0.6) is 0 Å². The Balaban J connectivity index is 2.73. The smallest absolute Gasteiger partial charge is 0.127 e. The van der Waals surface area contributed by atoms with Gasteiger partial charge in [0.25, 0.3) is 0 Å². The number of thioether (sulfide) groups is 1. The van der Waals surface area contributed by atoms with E-state index >= 15 is 0 Å². The average Bonchev–Trinajstić information content (AvgIpc) is 2.29. The van der Waals surface area contributed by atoms with Gasteiger partial charge in [0.05, 0.1) is 0 Å². The van der Waals surface area contributed by atoms with Crippen LogP contribution in [0, 0.1) is 6.92 Å². The van der Waals surface area contributed by atoms with Crippen molar-refractivity contribution in [3.63, 3.8) is 0 Å². The summed E-state index contributed by atoms with van der Waals surface area (Å²) in [5.41, 5.74) is 2.02. The first-order valence-corrected chi connectivity index (χ1v) is 6.36. The number of nitrogens with zero attached hydrogens (tertiary/aromatic N) is 3. The second kappa shape index (κ2) is 7.17. The van der Waals surface area contributed by atoms with Gasteiger partial charge in [-0.15, -0.1) is 16.9 Å². The molecule has 0 atom stereocenters. The van der Waals surface area contributed by atoms with Crippen LogP contribution in [0.1, 0.15) is 31.0 Å². The third-order valence-corrected chi connectivity index (χ3v) is 3.14. The molecule has 0 unspecified atom stereocenters. The Morgan fingerprint density at radius 1 is 1.50 bits per heavy atom. The van der Waals surface area contributed by atoms with Crippen molar-refractivity contribution in [3.8, 4) is 0 Å². The molecule has 1 aromatic rings. The Bertz CT molecular complexity index is 357. The van der Waals surface area contributed by atoms with Gasteiger partial charge in [-0.1, -0.05) is 13.3 Å². The summed E-state index contributed by atoms with van der Waals surface area (Å²) in [6.45, 7) is 7.55. The standard InChI is InChI=1S/C12H17N3S/c1-4-5-8-16-12(15-13-3)11-7-6-10(2)14-9-11/h6-7,9H,3-5,8H2,1-2H3/b15-12-. The summed E-state index contributed by atoms with van der Waals surface area (Å²) in [5, 5.41) is 8.55. The van der Waals surface area contributed by atoms with Crippen LogP contribution in [0.15, 0.2) is 28.5 Å². The minimum atomic E-state index is 0.899. The first-order chi connectivity index (χ1) is 7.77. The minimum absolute atomic E-state index is 0.899. The Morgan fingerprint density at radius 3 is 2.88 bits per heavy atom. The maximum absolute atomic E-state index is 4.25. The summed E-state index contributed by atoms with van der Waals surface area (Å²) < 4.78 is 0. The molecule has 0 aliphatic carbocycles. The average molecular weight is 235 g/mol. The first kappa shape index (κ1) is 12.9. The van der Waals surface area contributed by atoms with E-state index < -0.39 is 0 Å². The molecule has 0 saturated carbocycles. The molecule has 0 aromatic carbocycles. The molecule has 4 heteroatoms. The monoisotopic (exact) mass is 235 g/mol. The molecule has 16 heavy (non-hydrogen) atoms. The fourth-order valence-electron chi connectivity index (χ4n) is 1.14. The van der Waals surface area contributed by atoms with E-state index in [1.54, 1.807) is 11.8 Å². The van der Waals surface area contributed by atoms with Crippen LogP contribution < -0.4 is 0 Å². The van der Waals surface area contributed by atoms with Crippen molar-refractivity contribution < 1.29 is 0 Å². The van der Waals surface area contributed by atoms with Crippen LogP contribution in [0.4, 0.5) is 0 Å². The van der Waals surface area contributed by atoms with E-state index in [0.717, 1.165) is 22.1 Å². The molecule has 0 aliphatic heterocycles. The highest BCUT2D eigenvalue weighted by molar-refractivity contribution is 8.14. The molecule has 3 nitrogen and oxygen atoms in total. The number of pyridine rings is 1. The predicted octanol–water partition coefficient (Wildman–Crippen LogP) is 3.29. The van der Waals surface area contributed by atoms with Gasteiger partial charge in [0, 0.05) is 24.2 Å². The zero-order chi connectivity index (χ0) is 11.8. The fourth-order valence-corrected chi connectivity index (χ4v) is 2.17. The van der Waals surface area contributed by atoms with Gasteiger partial charge < -0.3 is 0 Å². The van der Waals surface area contributed by atoms with Crippen LogP contribution in [-0.2, 0) is 0 Å². The molecule has 0 radical (unpaired) electrons. The number of hydrogen-bond acceptors (Lipinski definition) is 4. The Kier molecular flexibility index (Phi) is 5.78. The summed E-state index contributed by atoms with van der Waals surface area (Å²) in [4.78, 5) is 4.25. The zero-order valence-corrected chi connectivity index (χ0v) is 10.6. The highest BCUT2D eigenvalue weighted by Gasteiger charge is 2.04. The number of hydrogen-bond donors (Lipinski definition) is 0. The van der Waals surface area contributed by atoms with Crippen molar-refractivity contribution in [2.24, 2.45) is 10.2 Å². The third kappa shape index (κ3) is 4.14. The second-order valence-corrected chi connectivity index (χ2v) is 4.52. The molecular weight excluding hydrogens is 218 g/mol. The van der Waals surface area contributed by atoms with Crippen LogP contribution in [-0.4, -0.2) is 22.5 Å². The Morgan fingerprint density at radius 2 is 2.31 bits per heavy atom. The molecule has 0 saturated heterocycles. The lowest BCUT2D eigenvalue weighted by Gasteiger charge is -2.04. The van der Waals surface area contributed by atoms with Gasteiger partial charge in [-0.25, -0.2) is 0 Å². The largest absolute Gasteiger partial charge is 0.261 e. The van der Waals surface area contributed by atoms with Gasteiger partial charge in [-0.05, 0) is 31.2 Å².